The van der Waals surface area contributed by atoms with Crippen molar-refractivity contribution in [2.75, 3.05) is 5.32 Å². The van der Waals surface area contributed by atoms with E-state index in [9.17, 15) is 0 Å². The Hall–Kier alpha value is -1.67. The zero-order valence-corrected chi connectivity index (χ0v) is 11.1. The van der Waals surface area contributed by atoms with Gasteiger partial charge in [-0.25, -0.2) is 0 Å². The average molecular weight is 255 g/mol. The molecule has 0 amide bonds. The Morgan fingerprint density at radius 2 is 1.56 bits per heavy atom. The highest BCUT2D eigenvalue weighted by Gasteiger charge is 1.99. The lowest BCUT2D eigenvalue weighted by Gasteiger charge is -2.06. The van der Waals surface area contributed by atoms with E-state index in [1.165, 1.54) is 5.56 Å². The van der Waals surface area contributed by atoms with E-state index >= 15 is 0 Å². The molecule has 0 saturated heterocycles. The summed E-state index contributed by atoms with van der Waals surface area (Å²) in [5.41, 5.74) is 2.40. The van der Waals surface area contributed by atoms with Gasteiger partial charge in [0.25, 0.3) is 0 Å². The third-order valence-electron chi connectivity index (χ3n) is 2.63. The van der Waals surface area contributed by atoms with Crippen LogP contribution < -0.4 is 5.32 Å². The molecule has 0 aromatic heterocycles. The summed E-state index contributed by atoms with van der Waals surface area (Å²) in [5.74, 6) is 0. The van der Waals surface area contributed by atoms with Crippen LogP contribution in [0.25, 0.3) is 0 Å². The van der Waals surface area contributed by atoms with Gasteiger partial charge in [0.05, 0.1) is 0 Å². The summed E-state index contributed by atoms with van der Waals surface area (Å²) in [6, 6.07) is 20.5. The van der Waals surface area contributed by atoms with Crippen LogP contribution in [-0.2, 0) is 6.42 Å². The van der Waals surface area contributed by atoms with Gasteiger partial charge in [-0.15, -0.1) is 0 Å². The molecule has 1 N–H and O–H groups in total. The van der Waals surface area contributed by atoms with Crippen molar-refractivity contribution in [1.29, 1.82) is 0 Å². The van der Waals surface area contributed by atoms with Crippen LogP contribution in [0, 0.1) is 0 Å². The molecule has 0 aliphatic carbocycles. The van der Waals surface area contributed by atoms with Crippen molar-refractivity contribution in [1.82, 2.24) is 0 Å². The Labute approximate surface area is 114 Å². The standard InChI is InChI=1S/C16H17NS/c18-16(13-14-7-3-1-4-8-14)11-12-17-15-9-5-2-6-10-15/h1-12,16-18H,13H2/b12-11+. The molecule has 2 aromatic rings. The van der Waals surface area contributed by atoms with Gasteiger partial charge in [-0.2, -0.15) is 12.6 Å². The van der Waals surface area contributed by atoms with Crippen molar-refractivity contribution in [2.45, 2.75) is 11.7 Å². The fourth-order valence-electron chi connectivity index (χ4n) is 1.71. The Bertz CT molecular complexity index is 479. The van der Waals surface area contributed by atoms with E-state index in [-0.39, 0.29) is 5.25 Å². The van der Waals surface area contributed by atoms with Gasteiger partial charge in [0.1, 0.15) is 0 Å². The quantitative estimate of drug-likeness (QED) is 0.765. The number of benzene rings is 2. The molecule has 0 fully saturated rings. The monoisotopic (exact) mass is 255 g/mol. The number of rotatable bonds is 5. The first kappa shape index (κ1) is 12.8. The smallest absolute Gasteiger partial charge is 0.0379 e. The predicted molar refractivity (Wildman–Crippen MR) is 82.1 cm³/mol. The second-order valence-electron chi connectivity index (χ2n) is 4.13. The normalized spacial score (nSPS) is 12.5. The molecular formula is C16H17NS. The van der Waals surface area contributed by atoms with Crippen LogP contribution in [0.15, 0.2) is 72.9 Å². The van der Waals surface area contributed by atoms with Crippen LogP contribution in [0.1, 0.15) is 5.56 Å². The topological polar surface area (TPSA) is 12.0 Å². The maximum absolute atomic E-state index is 4.56. The van der Waals surface area contributed by atoms with Crippen LogP contribution in [0.2, 0.25) is 0 Å². The molecular weight excluding hydrogens is 238 g/mol. The number of para-hydroxylation sites is 1. The molecule has 2 aromatic carbocycles. The number of thiol groups is 1. The third-order valence-corrected chi connectivity index (χ3v) is 2.98. The largest absolute Gasteiger partial charge is 0.362 e. The van der Waals surface area contributed by atoms with Crippen molar-refractivity contribution in [3.8, 4) is 0 Å². The van der Waals surface area contributed by atoms with Crippen LogP contribution >= 0.6 is 12.6 Å². The molecule has 1 atom stereocenters. The highest BCUT2D eigenvalue weighted by Crippen LogP contribution is 2.10. The average Bonchev–Trinajstić information content (AvgIpc) is 2.41. The van der Waals surface area contributed by atoms with Crippen LogP contribution in [-0.4, -0.2) is 5.25 Å². The molecule has 0 spiro atoms. The fourth-order valence-corrected chi connectivity index (χ4v) is 2.01. The third kappa shape index (κ3) is 4.30. The van der Waals surface area contributed by atoms with Crippen molar-refractivity contribution < 1.29 is 0 Å². The summed E-state index contributed by atoms with van der Waals surface area (Å²) in [6.45, 7) is 0. The van der Waals surface area contributed by atoms with Gasteiger partial charge in [-0.05, 0) is 30.3 Å². The number of nitrogens with one attached hydrogen (secondary N) is 1. The summed E-state index contributed by atoms with van der Waals surface area (Å²) in [4.78, 5) is 0. The van der Waals surface area contributed by atoms with Crippen molar-refractivity contribution >= 4 is 18.3 Å². The first-order valence-electron chi connectivity index (χ1n) is 6.05. The van der Waals surface area contributed by atoms with Crippen molar-refractivity contribution in [2.24, 2.45) is 0 Å². The Morgan fingerprint density at radius 1 is 0.944 bits per heavy atom. The minimum atomic E-state index is 0.226. The van der Waals surface area contributed by atoms with E-state index in [0.29, 0.717) is 0 Å². The molecule has 0 bridgehead atoms. The second kappa shape index (κ2) is 6.92. The minimum Gasteiger partial charge on any atom is -0.362 e. The molecule has 0 saturated carbocycles. The zero-order valence-electron chi connectivity index (χ0n) is 10.2. The zero-order chi connectivity index (χ0) is 12.6. The summed E-state index contributed by atoms with van der Waals surface area (Å²) < 4.78 is 0. The lowest BCUT2D eigenvalue weighted by atomic mass is 10.1. The van der Waals surface area contributed by atoms with E-state index in [2.05, 4.69) is 48.3 Å². The van der Waals surface area contributed by atoms with Gasteiger partial charge in [0.15, 0.2) is 0 Å². The number of anilines is 1. The van der Waals surface area contributed by atoms with Crippen molar-refractivity contribution in [3.63, 3.8) is 0 Å². The molecule has 1 unspecified atom stereocenters. The highest BCUT2D eigenvalue weighted by atomic mass is 32.1. The summed E-state index contributed by atoms with van der Waals surface area (Å²) in [6.07, 6.45) is 4.97. The number of hydrogen-bond acceptors (Lipinski definition) is 2. The maximum Gasteiger partial charge on any atom is 0.0379 e. The summed E-state index contributed by atoms with van der Waals surface area (Å²) >= 11 is 4.56. The molecule has 92 valence electrons. The van der Waals surface area contributed by atoms with Crippen LogP contribution in [0.5, 0.6) is 0 Å². The SMILES string of the molecule is SC(/C=C/Nc1ccccc1)Cc1ccccc1. The van der Waals surface area contributed by atoms with E-state index in [4.69, 9.17) is 0 Å². The molecule has 2 heteroatoms. The van der Waals surface area contributed by atoms with Gasteiger partial charge in [-0.3, -0.25) is 0 Å². The Kier molecular flexibility index (Phi) is 4.91. The van der Waals surface area contributed by atoms with Crippen molar-refractivity contribution in [3.05, 3.63) is 78.5 Å². The Balaban J connectivity index is 1.82. The molecule has 0 aliphatic rings. The summed E-state index contributed by atoms with van der Waals surface area (Å²) in [5, 5.41) is 3.46. The minimum absolute atomic E-state index is 0.226. The van der Waals surface area contributed by atoms with Crippen LogP contribution in [0.4, 0.5) is 5.69 Å². The van der Waals surface area contributed by atoms with E-state index in [0.717, 1.165) is 12.1 Å². The summed E-state index contributed by atoms with van der Waals surface area (Å²) in [7, 11) is 0. The van der Waals surface area contributed by atoms with Gasteiger partial charge in [0, 0.05) is 10.9 Å². The highest BCUT2D eigenvalue weighted by molar-refractivity contribution is 7.81. The van der Waals surface area contributed by atoms with E-state index in [1.54, 1.807) is 0 Å². The lowest BCUT2D eigenvalue weighted by molar-refractivity contribution is 1.03. The molecule has 2 rings (SSSR count). The second-order valence-corrected chi connectivity index (χ2v) is 4.79. The molecule has 0 radical (unpaired) electrons. The predicted octanol–water partition coefficient (Wildman–Crippen LogP) is 4.15. The van der Waals surface area contributed by atoms with Gasteiger partial charge in [-0.1, -0.05) is 54.6 Å². The lowest BCUT2D eigenvalue weighted by Crippen LogP contribution is -2.00. The molecule has 18 heavy (non-hydrogen) atoms. The van der Waals surface area contributed by atoms with E-state index < -0.39 is 0 Å². The van der Waals surface area contributed by atoms with Crippen LogP contribution in [0.3, 0.4) is 0 Å². The first-order chi connectivity index (χ1) is 8.84. The Morgan fingerprint density at radius 3 is 2.22 bits per heavy atom. The molecule has 1 nitrogen and oxygen atoms in total. The fraction of sp³-hybridized carbons (Fsp3) is 0.125. The number of hydrogen-bond donors (Lipinski definition) is 2. The van der Waals surface area contributed by atoms with Gasteiger partial charge < -0.3 is 5.32 Å². The van der Waals surface area contributed by atoms with Gasteiger partial charge in [0.2, 0.25) is 0 Å². The first-order valence-corrected chi connectivity index (χ1v) is 6.56. The van der Waals surface area contributed by atoms with Gasteiger partial charge >= 0.3 is 0 Å². The molecule has 0 heterocycles. The van der Waals surface area contributed by atoms with E-state index in [1.807, 2.05) is 42.6 Å². The maximum atomic E-state index is 4.56. The molecule has 0 aliphatic heterocycles.